The molecule has 4 rings (SSSR count). The number of hydrogen-bond donors (Lipinski definition) is 1. The standard InChI is InChI=1S/C23H21N3O3S/c1-15-20(23(30-2)26-21(25-15)19-8-5-12-29-19)22(27)24-11-13-28-18-10-9-16-6-3-4-7-17(16)14-18/h3-10,12,14H,11,13H2,1-2H3,(H,24,27). The van der Waals surface area contributed by atoms with Crippen molar-refractivity contribution in [2.45, 2.75) is 11.9 Å². The molecule has 30 heavy (non-hydrogen) atoms. The van der Waals surface area contributed by atoms with Crippen molar-refractivity contribution >= 4 is 28.4 Å². The SMILES string of the molecule is CSc1nc(-c2ccco2)nc(C)c1C(=O)NCCOc1ccc2ccccc2c1. The maximum atomic E-state index is 12.7. The Morgan fingerprint density at radius 1 is 1.10 bits per heavy atom. The number of amides is 1. The van der Waals surface area contributed by atoms with Gasteiger partial charge in [-0.25, -0.2) is 9.97 Å². The largest absolute Gasteiger partial charge is 0.492 e. The number of furan rings is 1. The van der Waals surface area contributed by atoms with Gasteiger partial charge in [-0.3, -0.25) is 4.79 Å². The summed E-state index contributed by atoms with van der Waals surface area (Å²) in [5, 5.41) is 5.79. The summed E-state index contributed by atoms with van der Waals surface area (Å²) in [5.41, 5.74) is 1.08. The Balaban J connectivity index is 1.39. The number of hydrogen-bond acceptors (Lipinski definition) is 6. The number of aromatic nitrogens is 2. The first kappa shape index (κ1) is 20.0. The van der Waals surface area contributed by atoms with Crippen LogP contribution in [0.2, 0.25) is 0 Å². The molecule has 0 radical (unpaired) electrons. The minimum Gasteiger partial charge on any atom is -0.492 e. The number of carbonyl (C=O) groups excluding carboxylic acids is 1. The zero-order valence-corrected chi connectivity index (χ0v) is 17.5. The fourth-order valence-corrected chi connectivity index (χ4v) is 3.77. The van der Waals surface area contributed by atoms with Crippen molar-refractivity contribution in [3.05, 3.63) is 72.1 Å². The summed E-state index contributed by atoms with van der Waals surface area (Å²) in [5.74, 6) is 1.60. The van der Waals surface area contributed by atoms with Gasteiger partial charge in [0.25, 0.3) is 5.91 Å². The van der Waals surface area contributed by atoms with Crippen molar-refractivity contribution in [1.29, 1.82) is 0 Å². The van der Waals surface area contributed by atoms with Gasteiger partial charge in [-0.05, 0) is 48.2 Å². The van der Waals surface area contributed by atoms with Crippen LogP contribution < -0.4 is 10.1 Å². The minimum atomic E-state index is -0.218. The van der Waals surface area contributed by atoms with E-state index in [1.807, 2.05) is 42.7 Å². The van der Waals surface area contributed by atoms with E-state index in [1.165, 1.54) is 11.8 Å². The molecule has 4 aromatic rings. The number of fused-ring (bicyclic) bond motifs is 1. The van der Waals surface area contributed by atoms with Crippen LogP contribution in [0.5, 0.6) is 5.75 Å². The molecule has 0 spiro atoms. The first-order chi connectivity index (χ1) is 14.7. The molecule has 0 bridgehead atoms. The average Bonchev–Trinajstić information content (AvgIpc) is 3.31. The van der Waals surface area contributed by atoms with Gasteiger partial charge in [-0.15, -0.1) is 11.8 Å². The van der Waals surface area contributed by atoms with Crippen LogP contribution in [0.25, 0.3) is 22.4 Å². The number of benzene rings is 2. The third-order valence-electron chi connectivity index (χ3n) is 4.60. The second-order valence-corrected chi connectivity index (χ2v) is 7.40. The molecule has 0 atom stereocenters. The molecule has 0 fully saturated rings. The lowest BCUT2D eigenvalue weighted by Gasteiger charge is -2.12. The predicted molar refractivity (Wildman–Crippen MR) is 118 cm³/mol. The quantitative estimate of drug-likeness (QED) is 0.265. The van der Waals surface area contributed by atoms with Crippen LogP contribution in [0, 0.1) is 6.92 Å². The first-order valence-electron chi connectivity index (χ1n) is 9.52. The van der Waals surface area contributed by atoms with Crippen molar-refractivity contribution in [2.75, 3.05) is 19.4 Å². The van der Waals surface area contributed by atoms with Crippen molar-refractivity contribution < 1.29 is 13.9 Å². The minimum absolute atomic E-state index is 0.218. The molecule has 0 unspecified atom stereocenters. The van der Waals surface area contributed by atoms with E-state index in [-0.39, 0.29) is 5.91 Å². The lowest BCUT2D eigenvalue weighted by atomic mass is 10.1. The van der Waals surface area contributed by atoms with Crippen LogP contribution in [0.4, 0.5) is 0 Å². The highest BCUT2D eigenvalue weighted by Crippen LogP contribution is 2.25. The Bertz CT molecular complexity index is 1180. The smallest absolute Gasteiger partial charge is 0.256 e. The molecule has 2 aromatic heterocycles. The lowest BCUT2D eigenvalue weighted by molar-refractivity contribution is 0.0942. The summed E-state index contributed by atoms with van der Waals surface area (Å²) in [6, 6.07) is 17.6. The number of ether oxygens (including phenoxy) is 1. The number of nitrogens with zero attached hydrogens (tertiary/aromatic N) is 2. The molecule has 0 aliphatic carbocycles. The molecule has 0 saturated heterocycles. The van der Waals surface area contributed by atoms with Gasteiger partial charge in [-0.1, -0.05) is 30.3 Å². The maximum Gasteiger partial charge on any atom is 0.256 e. The second kappa shape index (κ2) is 9.00. The highest BCUT2D eigenvalue weighted by atomic mass is 32.2. The first-order valence-corrected chi connectivity index (χ1v) is 10.7. The summed E-state index contributed by atoms with van der Waals surface area (Å²) < 4.78 is 11.2. The van der Waals surface area contributed by atoms with E-state index in [1.54, 1.807) is 25.3 Å². The van der Waals surface area contributed by atoms with Gasteiger partial charge in [0.2, 0.25) is 0 Å². The molecule has 2 heterocycles. The predicted octanol–water partition coefficient (Wildman–Crippen LogP) is 4.73. The average molecular weight is 420 g/mol. The van der Waals surface area contributed by atoms with Crippen LogP contribution >= 0.6 is 11.8 Å². The Kier molecular flexibility index (Phi) is 5.99. The topological polar surface area (TPSA) is 77.2 Å². The van der Waals surface area contributed by atoms with E-state index in [0.717, 1.165) is 16.5 Å². The van der Waals surface area contributed by atoms with Crippen LogP contribution in [0.15, 0.2) is 70.3 Å². The molecule has 2 aromatic carbocycles. The lowest BCUT2D eigenvalue weighted by Crippen LogP contribution is -2.29. The van der Waals surface area contributed by atoms with Gasteiger partial charge in [-0.2, -0.15) is 0 Å². The number of thioether (sulfide) groups is 1. The van der Waals surface area contributed by atoms with Crippen LogP contribution in [0.3, 0.4) is 0 Å². The molecule has 1 N–H and O–H groups in total. The van der Waals surface area contributed by atoms with E-state index in [0.29, 0.717) is 41.0 Å². The van der Waals surface area contributed by atoms with Gasteiger partial charge in [0.15, 0.2) is 11.6 Å². The molecule has 1 amide bonds. The van der Waals surface area contributed by atoms with E-state index in [2.05, 4.69) is 21.4 Å². The normalized spacial score (nSPS) is 10.9. The number of carbonyl (C=O) groups is 1. The summed E-state index contributed by atoms with van der Waals surface area (Å²) >= 11 is 1.40. The maximum absolute atomic E-state index is 12.7. The second-order valence-electron chi connectivity index (χ2n) is 6.61. The monoisotopic (exact) mass is 419 g/mol. The van der Waals surface area contributed by atoms with Gasteiger partial charge >= 0.3 is 0 Å². The number of rotatable bonds is 7. The highest BCUT2D eigenvalue weighted by Gasteiger charge is 2.19. The summed E-state index contributed by atoms with van der Waals surface area (Å²) in [7, 11) is 0. The van der Waals surface area contributed by atoms with Gasteiger partial charge in [0.05, 0.1) is 24.1 Å². The van der Waals surface area contributed by atoms with Gasteiger partial charge < -0.3 is 14.5 Å². The molecule has 0 saturated carbocycles. The summed E-state index contributed by atoms with van der Waals surface area (Å²) in [4.78, 5) is 21.7. The molecular formula is C23H21N3O3S. The fraction of sp³-hybridized carbons (Fsp3) is 0.174. The zero-order chi connectivity index (χ0) is 20.9. The fourth-order valence-electron chi connectivity index (χ4n) is 3.15. The Hall–Kier alpha value is -3.32. The molecule has 0 aliphatic rings. The molecule has 6 nitrogen and oxygen atoms in total. The molecule has 7 heteroatoms. The van der Waals surface area contributed by atoms with E-state index in [4.69, 9.17) is 9.15 Å². The van der Waals surface area contributed by atoms with Crippen LogP contribution in [-0.2, 0) is 0 Å². The molecule has 152 valence electrons. The van der Waals surface area contributed by atoms with Crippen LogP contribution in [0.1, 0.15) is 16.1 Å². The van der Waals surface area contributed by atoms with Crippen molar-refractivity contribution in [3.63, 3.8) is 0 Å². The van der Waals surface area contributed by atoms with E-state index in [9.17, 15) is 4.79 Å². The zero-order valence-electron chi connectivity index (χ0n) is 16.7. The molecule has 0 aliphatic heterocycles. The van der Waals surface area contributed by atoms with Crippen molar-refractivity contribution in [1.82, 2.24) is 15.3 Å². The van der Waals surface area contributed by atoms with Gasteiger partial charge in [0.1, 0.15) is 17.4 Å². The Morgan fingerprint density at radius 3 is 2.70 bits per heavy atom. The third-order valence-corrected chi connectivity index (χ3v) is 5.28. The Labute approximate surface area is 178 Å². The number of aryl methyl sites for hydroxylation is 1. The highest BCUT2D eigenvalue weighted by molar-refractivity contribution is 7.98. The Morgan fingerprint density at radius 2 is 1.93 bits per heavy atom. The van der Waals surface area contributed by atoms with E-state index >= 15 is 0 Å². The van der Waals surface area contributed by atoms with Crippen molar-refractivity contribution in [2.24, 2.45) is 0 Å². The van der Waals surface area contributed by atoms with E-state index < -0.39 is 0 Å². The van der Waals surface area contributed by atoms with Gasteiger partial charge in [0, 0.05) is 0 Å². The summed E-state index contributed by atoms with van der Waals surface area (Å²) in [6.45, 7) is 2.54. The molecular weight excluding hydrogens is 398 g/mol. The van der Waals surface area contributed by atoms with Crippen LogP contribution in [-0.4, -0.2) is 35.3 Å². The summed E-state index contributed by atoms with van der Waals surface area (Å²) in [6.07, 6.45) is 3.45. The van der Waals surface area contributed by atoms with Crippen molar-refractivity contribution in [3.8, 4) is 17.3 Å². The number of nitrogens with one attached hydrogen (secondary N) is 1. The third kappa shape index (κ3) is 4.31.